The predicted octanol–water partition coefficient (Wildman–Crippen LogP) is 2.11. The van der Waals surface area contributed by atoms with Crippen molar-refractivity contribution in [2.75, 3.05) is 19.3 Å². The number of rotatable bonds is 8. The lowest BCUT2D eigenvalue weighted by Gasteiger charge is -2.15. The van der Waals surface area contributed by atoms with Crippen LogP contribution in [0.1, 0.15) is 25.3 Å². The highest BCUT2D eigenvalue weighted by molar-refractivity contribution is 8.00. The first-order chi connectivity index (χ1) is 9.92. The molecular formula is C14H21FN2O2S2. The number of sulfonamides is 1. The molecule has 0 saturated heterocycles. The molecule has 2 N–H and O–H groups in total. The van der Waals surface area contributed by atoms with Gasteiger partial charge in [-0.25, -0.2) is 17.5 Å². The van der Waals surface area contributed by atoms with Crippen LogP contribution in [0.2, 0.25) is 0 Å². The third-order valence-electron chi connectivity index (χ3n) is 3.71. The third kappa shape index (κ3) is 4.18. The minimum Gasteiger partial charge on any atom is -0.313 e. The van der Waals surface area contributed by atoms with Gasteiger partial charge >= 0.3 is 0 Å². The molecule has 2 rings (SSSR count). The van der Waals surface area contributed by atoms with Gasteiger partial charge < -0.3 is 5.32 Å². The van der Waals surface area contributed by atoms with E-state index >= 15 is 0 Å². The van der Waals surface area contributed by atoms with Crippen molar-refractivity contribution in [3.63, 3.8) is 0 Å². The van der Waals surface area contributed by atoms with Gasteiger partial charge in [0.15, 0.2) is 0 Å². The summed E-state index contributed by atoms with van der Waals surface area (Å²) in [7, 11) is -3.69. The second-order valence-corrected chi connectivity index (χ2v) is 8.25. The van der Waals surface area contributed by atoms with Gasteiger partial charge in [-0.3, -0.25) is 0 Å². The topological polar surface area (TPSA) is 58.2 Å². The molecule has 0 unspecified atom stereocenters. The Morgan fingerprint density at radius 2 is 2.10 bits per heavy atom. The maximum absolute atomic E-state index is 13.4. The lowest BCUT2D eigenvalue weighted by Crippen LogP contribution is -2.32. The maximum atomic E-state index is 13.4. The molecule has 1 saturated carbocycles. The van der Waals surface area contributed by atoms with E-state index in [1.165, 1.54) is 12.1 Å². The lowest BCUT2D eigenvalue weighted by atomic mass is 10.2. The van der Waals surface area contributed by atoms with Crippen LogP contribution in [0.4, 0.5) is 4.39 Å². The van der Waals surface area contributed by atoms with Crippen LogP contribution in [0.15, 0.2) is 23.1 Å². The van der Waals surface area contributed by atoms with Crippen LogP contribution < -0.4 is 10.0 Å². The van der Waals surface area contributed by atoms with Gasteiger partial charge in [0.2, 0.25) is 10.0 Å². The van der Waals surface area contributed by atoms with Crippen molar-refractivity contribution in [3.8, 4) is 0 Å². The van der Waals surface area contributed by atoms with Crippen molar-refractivity contribution in [1.29, 1.82) is 0 Å². The monoisotopic (exact) mass is 332 g/mol. The summed E-state index contributed by atoms with van der Waals surface area (Å²) in [5, 5.41) is 3.07. The summed E-state index contributed by atoms with van der Waals surface area (Å²) >= 11 is 1.68. The van der Waals surface area contributed by atoms with Gasteiger partial charge in [-0.1, -0.05) is 13.0 Å². The third-order valence-corrected chi connectivity index (χ3v) is 6.61. The molecule has 118 valence electrons. The molecule has 1 fully saturated rings. The number of benzene rings is 1. The summed E-state index contributed by atoms with van der Waals surface area (Å²) in [4.78, 5) is 0.0281. The van der Waals surface area contributed by atoms with E-state index in [-0.39, 0.29) is 9.64 Å². The summed E-state index contributed by atoms with van der Waals surface area (Å²) in [6.07, 6.45) is 4.02. The van der Waals surface area contributed by atoms with Crippen molar-refractivity contribution >= 4 is 21.8 Å². The molecule has 0 spiro atoms. The van der Waals surface area contributed by atoms with E-state index in [1.807, 2.05) is 13.2 Å². The van der Waals surface area contributed by atoms with Crippen LogP contribution in [-0.2, 0) is 16.6 Å². The Bertz CT molecular complexity index is 601. The first kappa shape index (κ1) is 16.7. The molecule has 0 heterocycles. The molecule has 0 bridgehead atoms. The normalized spacial score (nSPS) is 16.9. The highest BCUT2D eigenvalue weighted by Gasteiger charge is 2.42. The van der Waals surface area contributed by atoms with Crippen molar-refractivity contribution < 1.29 is 12.8 Å². The van der Waals surface area contributed by atoms with Crippen molar-refractivity contribution in [2.24, 2.45) is 0 Å². The highest BCUT2D eigenvalue weighted by Crippen LogP contribution is 2.46. The van der Waals surface area contributed by atoms with Gasteiger partial charge in [-0.15, -0.1) is 0 Å². The summed E-state index contributed by atoms with van der Waals surface area (Å²) in [5.74, 6) is -0.540. The number of halogens is 1. The summed E-state index contributed by atoms with van der Waals surface area (Å²) < 4.78 is 41.0. The van der Waals surface area contributed by atoms with E-state index in [2.05, 4.69) is 10.0 Å². The molecule has 1 aliphatic carbocycles. The Kier molecular flexibility index (Phi) is 5.29. The molecule has 7 heteroatoms. The predicted molar refractivity (Wildman–Crippen MR) is 84.4 cm³/mol. The molecule has 21 heavy (non-hydrogen) atoms. The zero-order valence-corrected chi connectivity index (χ0v) is 13.9. The van der Waals surface area contributed by atoms with E-state index in [9.17, 15) is 12.8 Å². The second-order valence-electron chi connectivity index (χ2n) is 5.24. The lowest BCUT2D eigenvalue weighted by molar-refractivity contribution is 0.572. The van der Waals surface area contributed by atoms with Gasteiger partial charge in [0, 0.05) is 17.8 Å². The van der Waals surface area contributed by atoms with Crippen LogP contribution in [0.25, 0.3) is 0 Å². The highest BCUT2D eigenvalue weighted by atomic mass is 32.2. The van der Waals surface area contributed by atoms with Crippen LogP contribution in [-0.4, -0.2) is 32.5 Å². The molecule has 0 atom stereocenters. The number of nitrogens with one attached hydrogen (secondary N) is 2. The molecule has 4 nitrogen and oxygen atoms in total. The van der Waals surface area contributed by atoms with E-state index in [0.717, 1.165) is 25.5 Å². The first-order valence-corrected chi connectivity index (χ1v) is 9.67. The van der Waals surface area contributed by atoms with Gasteiger partial charge in [-0.05, 0) is 43.3 Å². The molecule has 0 amide bonds. The number of hydrogen-bond donors (Lipinski definition) is 2. The Balaban J connectivity index is 2.19. The smallest absolute Gasteiger partial charge is 0.241 e. The Hall–Kier alpha value is -0.630. The molecule has 0 radical (unpaired) electrons. The molecule has 1 aromatic carbocycles. The number of thioether (sulfide) groups is 1. The van der Waals surface area contributed by atoms with Crippen molar-refractivity contribution in [3.05, 3.63) is 29.6 Å². The van der Waals surface area contributed by atoms with Gasteiger partial charge in [0.05, 0.1) is 4.90 Å². The molecule has 1 aliphatic rings. The molecule has 0 aromatic heterocycles. The standard InChI is InChI=1S/C14H21FN2O2S2/c1-3-16-9-11-4-5-12(15)8-13(11)21(18,19)17-10-14(20-2)6-7-14/h4-5,8,16-17H,3,6-7,9-10H2,1-2H3. The van der Waals surface area contributed by atoms with Gasteiger partial charge in [-0.2, -0.15) is 11.8 Å². The van der Waals surface area contributed by atoms with Crippen LogP contribution >= 0.6 is 11.8 Å². The minimum absolute atomic E-state index is 0.0281. The Morgan fingerprint density at radius 1 is 1.38 bits per heavy atom. The fraction of sp³-hybridized carbons (Fsp3) is 0.571. The quantitative estimate of drug-likeness (QED) is 0.765. The second kappa shape index (κ2) is 6.64. The van der Waals surface area contributed by atoms with E-state index in [4.69, 9.17) is 0 Å². The zero-order valence-electron chi connectivity index (χ0n) is 12.3. The first-order valence-electron chi connectivity index (χ1n) is 6.96. The summed E-state index contributed by atoms with van der Waals surface area (Å²) in [6, 6.07) is 3.90. The molecule has 0 aliphatic heterocycles. The fourth-order valence-corrected chi connectivity index (χ4v) is 4.27. The Morgan fingerprint density at radius 3 is 2.67 bits per heavy atom. The molecular weight excluding hydrogens is 311 g/mol. The van der Waals surface area contributed by atoms with Crippen LogP contribution in [0.5, 0.6) is 0 Å². The molecule has 1 aromatic rings. The average molecular weight is 332 g/mol. The minimum atomic E-state index is -3.69. The van der Waals surface area contributed by atoms with Crippen molar-refractivity contribution in [1.82, 2.24) is 10.0 Å². The maximum Gasteiger partial charge on any atom is 0.241 e. The van der Waals surface area contributed by atoms with E-state index in [0.29, 0.717) is 18.7 Å². The zero-order chi connectivity index (χ0) is 15.5. The van der Waals surface area contributed by atoms with Gasteiger partial charge in [0.25, 0.3) is 0 Å². The van der Waals surface area contributed by atoms with E-state index < -0.39 is 15.8 Å². The summed E-state index contributed by atoms with van der Waals surface area (Å²) in [6.45, 7) is 3.46. The summed E-state index contributed by atoms with van der Waals surface area (Å²) in [5.41, 5.74) is 0.583. The van der Waals surface area contributed by atoms with Crippen LogP contribution in [0.3, 0.4) is 0 Å². The average Bonchev–Trinajstić information content (AvgIpc) is 3.25. The SMILES string of the molecule is CCNCc1ccc(F)cc1S(=O)(=O)NCC1(SC)CC1. The van der Waals surface area contributed by atoms with Crippen molar-refractivity contribution in [2.45, 2.75) is 36.0 Å². The van der Waals surface area contributed by atoms with Gasteiger partial charge in [0.1, 0.15) is 5.82 Å². The number of hydrogen-bond acceptors (Lipinski definition) is 4. The fourth-order valence-electron chi connectivity index (χ4n) is 2.08. The van der Waals surface area contributed by atoms with E-state index in [1.54, 1.807) is 11.8 Å². The largest absolute Gasteiger partial charge is 0.313 e. The van der Waals surface area contributed by atoms with Crippen LogP contribution in [0, 0.1) is 5.82 Å². The Labute approximate surface area is 129 Å².